The number of oxime groups is 1. The molecule has 1 aromatic heterocycles. The fourth-order valence-electron chi connectivity index (χ4n) is 2.47. The van der Waals surface area contributed by atoms with Crippen LogP contribution in [0.5, 0.6) is 5.75 Å². The fraction of sp³-hybridized carbons (Fsp3) is 0.278. The van der Waals surface area contributed by atoms with E-state index in [1.807, 2.05) is 36.4 Å². The van der Waals surface area contributed by atoms with E-state index in [9.17, 15) is 4.79 Å². The minimum atomic E-state index is -1.00. The van der Waals surface area contributed by atoms with Crippen molar-refractivity contribution in [3.8, 4) is 5.75 Å². The molecule has 0 radical (unpaired) electrons. The molecule has 0 spiro atoms. The highest BCUT2D eigenvalue weighted by atomic mass is 16.7. The van der Waals surface area contributed by atoms with Crippen LogP contribution < -0.4 is 10.1 Å². The van der Waals surface area contributed by atoms with Gasteiger partial charge in [-0.05, 0) is 48.4 Å². The maximum absolute atomic E-state index is 12.5. The van der Waals surface area contributed by atoms with Crippen LogP contribution in [0.15, 0.2) is 53.9 Å². The van der Waals surface area contributed by atoms with Crippen LogP contribution in [-0.2, 0) is 16.2 Å². The molecule has 3 rings (SSSR count). The third kappa shape index (κ3) is 3.37. The summed E-state index contributed by atoms with van der Waals surface area (Å²) in [7, 11) is 1.62. The van der Waals surface area contributed by atoms with E-state index in [1.165, 1.54) is 0 Å². The van der Waals surface area contributed by atoms with Crippen LogP contribution in [-0.4, -0.2) is 29.3 Å². The molecule has 0 bridgehead atoms. The first kappa shape index (κ1) is 16.0. The first-order valence-electron chi connectivity index (χ1n) is 7.67. The van der Waals surface area contributed by atoms with Gasteiger partial charge in [-0.1, -0.05) is 11.2 Å². The Morgan fingerprint density at radius 1 is 1.33 bits per heavy atom. The van der Waals surface area contributed by atoms with Crippen LogP contribution in [0, 0.1) is 0 Å². The van der Waals surface area contributed by atoms with E-state index >= 15 is 0 Å². The van der Waals surface area contributed by atoms with Gasteiger partial charge in [-0.3, -0.25) is 9.78 Å². The van der Waals surface area contributed by atoms with Crippen molar-refractivity contribution in [2.24, 2.45) is 5.16 Å². The van der Waals surface area contributed by atoms with Crippen LogP contribution in [0.25, 0.3) is 0 Å². The normalized spacial score (nSPS) is 19.3. The number of hydrogen-bond donors (Lipinski definition) is 1. The highest BCUT2D eigenvalue weighted by Gasteiger charge is 2.42. The van der Waals surface area contributed by atoms with E-state index in [0.717, 1.165) is 22.6 Å². The third-order valence-electron chi connectivity index (χ3n) is 3.94. The number of pyridine rings is 1. The summed E-state index contributed by atoms with van der Waals surface area (Å²) in [4.78, 5) is 21.9. The van der Waals surface area contributed by atoms with Gasteiger partial charge in [0.15, 0.2) is 0 Å². The minimum absolute atomic E-state index is 0.196. The largest absolute Gasteiger partial charge is 0.497 e. The number of carbonyl (C=O) groups is 1. The Balaban J connectivity index is 1.62. The number of hydrogen-bond acceptors (Lipinski definition) is 5. The number of rotatable bonds is 5. The number of amides is 1. The molecule has 6 heteroatoms. The second-order valence-corrected chi connectivity index (χ2v) is 5.81. The molecule has 1 unspecified atom stereocenters. The molecule has 124 valence electrons. The van der Waals surface area contributed by atoms with Gasteiger partial charge in [-0.25, -0.2) is 0 Å². The van der Waals surface area contributed by atoms with Crippen molar-refractivity contribution in [1.29, 1.82) is 0 Å². The summed E-state index contributed by atoms with van der Waals surface area (Å²) in [5, 5.41) is 6.97. The topological polar surface area (TPSA) is 72.8 Å². The van der Waals surface area contributed by atoms with E-state index in [2.05, 4.69) is 15.5 Å². The smallest absolute Gasteiger partial charge is 0.267 e. The first-order chi connectivity index (χ1) is 11.6. The summed E-state index contributed by atoms with van der Waals surface area (Å²) in [5.74, 6) is 0.578. The maximum Gasteiger partial charge on any atom is 0.267 e. The van der Waals surface area contributed by atoms with Crippen molar-refractivity contribution in [3.63, 3.8) is 0 Å². The zero-order valence-electron chi connectivity index (χ0n) is 13.7. The lowest BCUT2D eigenvalue weighted by Crippen LogP contribution is -2.44. The molecule has 1 aliphatic heterocycles. The number of carbonyl (C=O) groups excluding carboxylic acids is 1. The number of aromatic nitrogens is 1. The molecule has 1 atom stereocenters. The van der Waals surface area contributed by atoms with Gasteiger partial charge in [0.05, 0.1) is 12.8 Å². The summed E-state index contributed by atoms with van der Waals surface area (Å²) in [6, 6.07) is 11.3. The molecule has 0 fully saturated rings. The average molecular weight is 325 g/mol. The SMILES string of the molecule is COc1ccc(C2=NOC(C)(C(=O)NCc3cccnc3)C2)cc1. The summed E-state index contributed by atoms with van der Waals surface area (Å²) in [6.45, 7) is 2.15. The van der Waals surface area contributed by atoms with Gasteiger partial charge in [0.25, 0.3) is 5.91 Å². The van der Waals surface area contributed by atoms with Crippen molar-refractivity contribution in [2.45, 2.75) is 25.5 Å². The Morgan fingerprint density at radius 3 is 2.79 bits per heavy atom. The van der Waals surface area contributed by atoms with Crippen LogP contribution >= 0.6 is 0 Å². The van der Waals surface area contributed by atoms with Crippen molar-refractivity contribution in [2.75, 3.05) is 7.11 Å². The molecule has 1 amide bonds. The lowest BCUT2D eigenvalue weighted by atomic mass is 9.95. The Hall–Kier alpha value is -2.89. The standard InChI is InChI=1S/C18H19N3O3/c1-18(17(22)20-12-13-4-3-9-19-11-13)10-16(21-24-18)14-5-7-15(23-2)8-6-14/h3-9,11H,10,12H2,1-2H3,(H,20,22). The van der Waals surface area contributed by atoms with E-state index in [-0.39, 0.29) is 5.91 Å². The van der Waals surface area contributed by atoms with Gasteiger partial charge >= 0.3 is 0 Å². The predicted octanol–water partition coefficient (Wildman–Crippen LogP) is 2.29. The molecule has 0 aliphatic carbocycles. The van der Waals surface area contributed by atoms with Gasteiger partial charge in [-0.15, -0.1) is 0 Å². The highest BCUT2D eigenvalue weighted by molar-refractivity contribution is 6.05. The van der Waals surface area contributed by atoms with E-state index < -0.39 is 5.60 Å². The third-order valence-corrected chi connectivity index (χ3v) is 3.94. The summed E-state index contributed by atoms with van der Waals surface area (Å²) in [6.07, 6.45) is 3.83. The maximum atomic E-state index is 12.5. The number of ether oxygens (including phenoxy) is 1. The van der Waals surface area contributed by atoms with Crippen LogP contribution in [0.4, 0.5) is 0 Å². The lowest BCUT2D eigenvalue weighted by molar-refractivity contribution is -0.141. The zero-order chi connectivity index (χ0) is 17.0. The Kier molecular flexibility index (Phi) is 4.46. The predicted molar refractivity (Wildman–Crippen MR) is 89.7 cm³/mol. The number of nitrogens with one attached hydrogen (secondary N) is 1. The summed E-state index contributed by atoms with van der Waals surface area (Å²) < 4.78 is 5.14. The van der Waals surface area contributed by atoms with Gasteiger partial charge in [-0.2, -0.15) is 0 Å². The molecule has 1 aliphatic rings. The minimum Gasteiger partial charge on any atom is -0.497 e. The second-order valence-electron chi connectivity index (χ2n) is 5.81. The van der Waals surface area contributed by atoms with Crippen molar-refractivity contribution < 1.29 is 14.4 Å². The van der Waals surface area contributed by atoms with Gasteiger partial charge in [0.1, 0.15) is 5.75 Å². The molecule has 1 aromatic carbocycles. The number of methoxy groups -OCH3 is 1. The van der Waals surface area contributed by atoms with Gasteiger partial charge in [0, 0.05) is 25.4 Å². The van der Waals surface area contributed by atoms with Crippen LogP contribution in [0.2, 0.25) is 0 Å². The lowest BCUT2D eigenvalue weighted by Gasteiger charge is -2.20. The van der Waals surface area contributed by atoms with Crippen LogP contribution in [0.3, 0.4) is 0 Å². The Labute approximate surface area is 140 Å². The monoisotopic (exact) mass is 325 g/mol. The fourth-order valence-corrected chi connectivity index (χ4v) is 2.47. The molecular weight excluding hydrogens is 306 g/mol. The van der Waals surface area contributed by atoms with Crippen molar-refractivity contribution in [3.05, 3.63) is 59.9 Å². The molecule has 6 nitrogen and oxygen atoms in total. The molecule has 24 heavy (non-hydrogen) atoms. The Morgan fingerprint density at radius 2 is 2.12 bits per heavy atom. The Bertz CT molecular complexity index is 744. The molecule has 2 heterocycles. The molecule has 2 aromatic rings. The van der Waals surface area contributed by atoms with Crippen molar-refractivity contribution in [1.82, 2.24) is 10.3 Å². The number of nitrogens with zero attached hydrogens (tertiary/aromatic N) is 2. The highest BCUT2D eigenvalue weighted by Crippen LogP contribution is 2.27. The summed E-state index contributed by atoms with van der Waals surface area (Å²) in [5.41, 5.74) is 1.59. The second kappa shape index (κ2) is 6.70. The molecule has 0 saturated carbocycles. The van der Waals surface area contributed by atoms with Gasteiger partial charge < -0.3 is 14.9 Å². The first-order valence-corrected chi connectivity index (χ1v) is 7.67. The molecule has 0 saturated heterocycles. The quantitative estimate of drug-likeness (QED) is 0.915. The van der Waals surface area contributed by atoms with E-state index in [0.29, 0.717) is 13.0 Å². The molecule has 1 N–H and O–H groups in total. The summed E-state index contributed by atoms with van der Waals surface area (Å²) >= 11 is 0. The van der Waals surface area contributed by atoms with Gasteiger partial charge in [0.2, 0.25) is 5.60 Å². The molecular formula is C18H19N3O3. The van der Waals surface area contributed by atoms with E-state index in [1.54, 1.807) is 26.4 Å². The van der Waals surface area contributed by atoms with Crippen molar-refractivity contribution >= 4 is 11.6 Å². The zero-order valence-corrected chi connectivity index (χ0v) is 13.7. The average Bonchev–Trinajstić information content (AvgIpc) is 3.04. The number of benzene rings is 1. The van der Waals surface area contributed by atoms with E-state index in [4.69, 9.17) is 9.57 Å². The van der Waals surface area contributed by atoms with Crippen LogP contribution in [0.1, 0.15) is 24.5 Å².